The molecular weight excluding hydrogens is 256 g/mol. The highest BCUT2D eigenvalue weighted by Gasteiger charge is 2.25. The smallest absolute Gasteiger partial charge is 0.407 e. The van der Waals surface area contributed by atoms with E-state index in [9.17, 15) is 4.79 Å². The minimum Gasteiger partial charge on any atom is -0.465 e. The number of amides is 1. The maximum atomic E-state index is 10.9. The number of aromatic nitrogens is 2. The second-order valence-corrected chi connectivity index (χ2v) is 5.02. The maximum absolute atomic E-state index is 10.9. The fraction of sp³-hybridized carbons (Fsp3) is 0.357. The van der Waals surface area contributed by atoms with Gasteiger partial charge in [-0.05, 0) is 31.5 Å². The summed E-state index contributed by atoms with van der Waals surface area (Å²) in [6.45, 7) is 3.03. The van der Waals surface area contributed by atoms with Crippen molar-refractivity contribution >= 4 is 22.8 Å². The molecule has 0 radical (unpaired) electrons. The molecule has 0 spiro atoms. The van der Waals surface area contributed by atoms with E-state index in [2.05, 4.69) is 15.3 Å². The number of hydrogen-bond acceptors (Lipinski definition) is 4. The number of likely N-dealkylation sites (tertiary alicyclic amines) is 1. The molecule has 1 saturated heterocycles. The Labute approximate surface area is 116 Å². The van der Waals surface area contributed by atoms with Crippen LogP contribution in [0.25, 0.3) is 10.9 Å². The molecule has 1 fully saturated rings. The van der Waals surface area contributed by atoms with E-state index in [0.717, 1.165) is 28.8 Å². The third-order valence-electron chi connectivity index (χ3n) is 3.63. The van der Waals surface area contributed by atoms with Gasteiger partial charge in [0.05, 0.1) is 5.52 Å². The van der Waals surface area contributed by atoms with Crippen molar-refractivity contribution in [3.63, 3.8) is 0 Å². The van der Waals surface area contributed by atoms with E-state index in [1.807, 2.05) is 25.1 Å². The lowest BCUT2D eigenvalue weighted by atomic mass is 10.2. The van der Waals surface area contributed by atoms with E-state index < -0.39 is 6.09 Å². The number of fused-ring (bicyclic) bond motifs is 1. The fourth-order valence-corrected chi connectivity index (χ4v) is 2.54. The van der Waals surface area contributed by atoms with E-state index in [1.54, 1.807) is 6.20 Å². The number of pyridine rings is 2. The predicted molar refractivity (Wildman–Crippen MR) is 75.9 cm³/mol. The van der Waals surface area contributed by atoms with E-state index in [4.69, 9.17) is 5.11 Å². The molecule has 3 heterocycles. The van der Waals surface area contributed by atoms with E-state index in [-0.39, 0.29) is 6.04 Å². The van der Waals surface area contributed by atoms with Gasteiger partial charge >= 0.3 is 6.09 Å². The lowest BCUT2D eigenvalue weighted by Gasteiger charge is -2.14. The molecule has 104 valence electrons. The molecule has 0 bridgehead atoms. The average Bonchev–Trinajstić information content (AvgIpc) is 2.88. The standard InChI is InChI=1S/C14H16N4O2/c1-9-11-2-3-13(17-12(11)4-6-15-9)16-10-5-7-18(8-10)14(19)20/h2-4,6,10H,5,7-8H2,1H3,(H,16,17)(H,19,20). The predicted octanol–water partition coefficient (Wildman–Crippen LogP) is 2.10. The van der Waals surface area contributed by atoms with Crippen LogP contribution in [0.15, 0.2) is 24.4 Å². The number of nitrogens with one attached hydrogen (secondary N) is 1. The summed E-state index contributed by atoms with van der Waals surface area (Å²) in [7, 11) is 0. The van der Waals surface area contributed by atoms with Crippen molar-refractivity contribution in [2.45, 2.75) is 19.4 Å². The van der Waals surface area contributed by atoms with Crippen LogP contribution in [0.2, 0.25) is 0 Å². The summed E-state index contributed by atoms with van der Waals surface area (Å²) in [4.78, 5) is 21.1. The Morgan fingerprint density at radius 2 is 2.30 bits per heavy atom. The minimum atomic E-state index is -0.859. The molecule has 2 aromatic rings. The average molecular weight is 272 g/mol. The van der Waals surface area contributed by atoms with Crippen molar-refractivity contribution in [2.24, 2.45) is 0 Å². The van der Waals surface area contributed by atoms with Crippen LogP contribution in [0.5, 0.6) is 0 Å². The number of rotatable bonds is 2. The van der Waals surface area contributed by atoms with Gasteiger partial charge in [0.15, 0.2) is 0 Å². The molecule has 3 rings (SSSR count). The molecule has 0 aromatic carbocycles. The molecule has 6 heteroatoms. The summed E-state index contributed by atoms with van der Waals surface area (Å²) in [5, 5.41) is 13.3. The molecule has 2 N–H and O–H groups in total. The first kappa shape index (κ1) is 12.7. The van der Waals surface area contributed by atoms with Gasteiger partial charge < -0.3 is 15.3 Å². The number of carbonyl (C=O) groups is 1. The topological polar surface area (TPSA) is 78.4 Å². The molecule has 20 heavy (non-hydrogen) atoms. The van der Waals surface area contributed by atoms with Gasteiger partial charge in [-0.3, -0.25) is 4.98 Å². The first-order valence-electron chi connectivity index (χ1n) is 6.60. The number of anilines is 1. The lowest BCUT2D eigenvalue weighted by Crippen LogP contribution is -2.30. The minimum absolute atomic E-state index is 0.124. The quantitative estimate of drug-likeness (QED) is 0.875. The first-order valence-corrected chi connectivity index (χ1v) is 6.60. The molecule has 1 atom stereocenters. The van der Waals surface area contributed by atoms with Crippen LogP contribution in [0.1, 0.15) is 12.1 Å². The molecule has 2 aromatic heterocycles. The normalized spacial score (nSPS) is 18.4. The number of nitrogens with zero attached hydrogens (tertiary/aromatic N) is 3. The Kier molecular flexibility index (Phi) is 3.14. The Balaban J connectivity index is 1.77. The van der Waals surface area contributed by atoms with Crippen molar-refractivity contribution in [1.82, 2.24) is 14.9 Å². The summed E-state index contributed by atoms with van der Waals surface area (Å²) in [6, 6.07) is 5.92. The summed E-state index contributed by atoms with van der Waals surface area (Å²) >= 11 is 0. The van der Waals surface area contributed by atoms with Gasteiger partial charge in [0, 0.05) is 36.4 Å². The van der Waals surface area contributed by atoms with Gasteiger partial charge in [0.2, 0.25) is 0 Å². The molecule has 1 aliphatic heterocycles. The zero-order valence-electron chi connectivity index (χ0n) is 11.2. The summed E-state index contributed by atoms with van der Waals surface area (Å²) < 4.78 is 0. The number of carboxylic acid groups (broad SMARTS) is 1. The summed E-state index contributed by atoms with van der Waals surface area (Å²) in [5.74, 6) is 0.778. The molecule has 0 aliphatic carbocycles. The van der Waals surface area contributed by atoms with Gasteiger partial charge in [0.25, 0.3) is 0 Å². The van der Waals surface area contributed by atoms with Crippen molar-refractivity contribution in [2.75, 3.05) is 18.4 Å². The Morgan fingerprint density at radius 3 is 3.05 bits per heavy atom. The van der Waals surface area contributed by atoms with Gasteiger partial charge in [-0.25, -0.2) is 9.78 Å². The Morgan fingerprint density at radius 1 is 1.45 bits per heavy atom. The van der Waals surface area contributed by atoms with Gasteiger partial charge in [-0.15, -0.1) is 0 Å². The molecular formula is C14H16N4O2. The van der Waals surface area contributed by atoms with Crippen LogP contribution in [0.3, 0.4) is 0 Å². The molecule has 6 nitrogen and oxygen atoms in total. The lowest BCUT2D eigenvalue weighted by molar-refractivity contribution is 0.155. The van der Waals surface area contributed by atoms with Gasteiger partial charge in [-0.2, -0.15) is 0 Å². The first-order chi connectivity index (χ1) is 9.63. The highest BCUT2D eigenvalue weighted by atomic mass is 16.4. The van der Waals surface area contributed by atoms with Crippen molar-refractivity contribution in [3.8, 4) is 0 Å². The molecule has 1 amide bonds. The zero-order chi connectivity index (χ0) is 14.1. The highest BCUT2D eigenvalue weighted by Crippen LogP contribution is 2.19. The summed E-state index contributed by atoms with van der Waals surface area (Å²) in [5.41, 5.74) is 1.86. The SMILES string of the molecule is Cc1nccc2nc(NC3CCN(C(=O)O)C3)ccc12. The second kappa shape index (κ2) is 4.96. The van der Waals surface area contributed by atoms with Crippen molar-refractivity contribution < 1.29 is 9.90 Å². The molecule has 1 unspecified atom stereocenters. The van der Waals surface area contributed by atoms with Crippen LogP contribution in [0, 0.1) is 6.92 Å². The zero-order valence-corrected chi connectivity index (χ0v) is 11.2. The third kappa shape index (κ3) is 2.36. The largest absolute Gasteiger partial charge is 0.465 e. The van der Waals surface area contributed by atoms with E-state index >= 15 is 0 Å². The van der Waals surface area contributed by atoms with E-state index in [0.29, 0.717) is 13.1 Å². The monoisotopic (exact) mass is 272 g/mol. The maximum Gasteiger partial charge on any atom is 0.407 e. The number of aryl methyl sites for hydroxylation is 1. The van der Waals surface area contributed by atoms with Gasteiger partial charge in [0.1, 0.15) is 5.82 Å². The van der Waals surface area contributed by atoms with Crippen LogP contribution < -0.4 is 5.32 Å². The highest BCUT2D eigenvalue weighted by molar-refractivity contribution is 5.82. The van der Waals surface area contributed by atoms with Crippen LogP contribution in [-0.2, 0) is 0 Å². The molecule has 0 saturated carbocycles. The van der Waals surface area contributed by atoms with Crippen molar-refractivity contribution in [1.29, 1.82) is 0 Å². The van der Waals surface area contributed by atoms with Crippen LogP contribution in [-0.4, -0.2) is 45.2 Å². The second-order valence-electron chi connectivity index (χ2n) is 5.02. The Hall–Kier alpha value is -2.37. The van der Waals surface area contributed by atoms with Crippen LogP contribution >= 0.6 is 0 Å². The van der Waals surface area contributed by atoms with Crippen LogP contribution in [0.4, 0.5) is 10.6 Å². The Bertz CT molecular complexity index is 659. The van der Waals surface area contributed by atoms with E-state index in [1.165, 1.54) is 4.90 Å². The third-order valence-corrected chi connectivity index (χ3v) is 3.63. The molecule has 1 aliphatic rings. The fourth-order valence-electron chi connectivity index (χ4n) is 2.54. The number of hydrogen-bond donors (Lipinski definition) is 2. The van der Waals surface area contributed by atoms with Crippen molar-refractivity contribution in [3.05, 3.63) is 30.1 Å². The van der Waals surface area contributed by atoms with Gasteiger partial charge in [-0.1, -0.05) is 0 Å². The summed E-state index contributed by atoms with van der Waals surface area (Å²) in [6.07, 6.45) is 1.69.